The van der Waals surface area contributed by atoms with E-state index in [9.17, 15) is 34.8 Å². The molecule has 1 amide bonds. The summed E-state index contributed by atoms with van der Waals surface area (Å²) >= 11 is 0. The molecule has 3 aliphatic carbocycles. The molecule has 1 aromatic rings. The average Bonchev–Trinajstić information content (AvgIpc) is 2.92. The van der Waals surface area contributed by atoms with Crippen LogP contribution in [0.5, 0.6) is 5.75 Å². The Morgan fingerprint density at radius 3 is 2.50 bits per heavy atom. The van der Waals surface area contributed by atoms with Crippen molar-refractivity contribution in [2.45, 2.75) is 36.5 Å². The summed E-state index contributed by atoms with van der Waals surface area (Å²) in [7, 11) is 0. The lowest BCUT2D eigenvalue weighted by Gasteiger charge is -2.53. The van der Waals surface area contributed by atoms with E-state index in [1.54, 1.807) is 18.2 Å². The Bertz CT molecular complexity index is 1390. The maximum Gasteiger partial charge on any atom is 0.255 e. The summed E-state index contributed by atoms with van der Waals surface area (Å²) in [5, 5.41) is 61.0. The summed E-state index contributed by atoms with van der Waals surface area (Å²) in [6, 6.07) is 3.14. The number of Topliss-reactive ketones (excluding diaryl/α,β-unsaturated/α-hetero) is 2. The zero-order valence-electron chi connectivity index (χ0n) is 21.4. The highest BCUT2D eigenvalue weighted by atomic mass is 16.5. The van der Waals surface area contributed by atoms with Crippen molar-refractivity contribution in [2.24, 2.45) is 17.6 Å². The van der Waals surface area contributed by atoms with E-state index in [0.29, 0.717) is 24.7 Å². The van der Waals surface area contributed by atoms with Gasteiger partial charge in [-0.1, -0.05) is 24.8 Å². The largest absolute Gasteiger partial charge is 0.508 e. The molecule has 6 atom stereocenters. The van der Waals surface area contributed by atoms with Gasteiger partial charge in [-0.2, -0.15) is 0 Å². The number of aliphatic hydroxyl groups excluding tert-OH is 3. The fourth-order valence-electron chi connectivity index (χ4n) is 6.08. The van der Waals surface area contributed by atoms with E-state index >= 15 is 0 Å². The van der Waals surface area contributed by atoms with Gasteiger partial charge in [0.05, 0.1) is 30.5 Å². The molecule has 0 bridgehead atoms. The minimum absolute atomic E-state index is 0.116. The molecule has 8 N–H and O–H groups in total. The molecule has 4 rings (SSSR count). The van der Waals surface area contributed by atoms with Crippen molar-refractivity contribution in [1.29, 1.82) is 10.8 Å². The maximum atomic E-state index is 14.1. The molecule has 12 nitrogen and oxygen atoms in total. The van der Waals surface area contributed by atoms with E-state index in [4.69, 9.17) is 21.3 Å². The van der Waals surface area contributed by atoms with Crippen molar-refractivity contribution in [1.82, 2.24) is 4.90 Å². The summed E-state index contributed by atoms with van der Waals surface area (Å²) in [6.07, 6.45) is 3.54. The Labute approximate surface area is 229 Å². The molecule has 0 aliphatic heterocycles. The smallest absolute Gasteiger partial charge is 0.255 e. The lowest BCUT2D eigenvalue weighted by molar-refractivity contribution is -0.167. The molecule has 0 radical (unpaired) electrons. The van der Waals surface area contributed by atoms with Crippen LogP contribution in [0, 0.1) is 22.7 Å². The molecule has 0 aromatic heterocycles. The Balaban J connectivity index is 2.00. The van der Waals surface area contributed by atoms with Crippen molar-refractivity contribution >= 4 is 35.8 Å². The maximum absolute atomic E-state index is 14.1. The minimum atomic E-state index is -3.07. The van der Waals surface area contributed by atoms with Crippen LogP contribution in [0.15, 0.2) is 60.5 Å². The van der Waals surface area contributed by atoms with Gasteiger partial charge in [0, 0.05) is 17.4 Å². The number of fused-ring (bicyclic) bond motifs is 3. The molecule has 1 fully saturated rings. The molecule has 3 aliphatic rings. The number of carbonyl (C=O) groups is 3. The topological polar surface area (TPSA) is 218 Å². The van der Waals surface area contributed by atoms with Crippen LogP contribution in [-0.4, -0.2) is 79.7 Å². The second kappa shape index (κ2) is 10.5. The van der Waals surface area contributed by atoms with Crippen LogP contribution in [0.4, 0.5) is 0 Å². The number of hydrogen-bond donors (Lipinski definition) is 7. The Morgan fingerprint density at radius 1 is 1.23 bits per heavy atom. The number of nitrogens with two attached hydrogens (primary N) is 1. The van der Waals surface area contributed by atoms with Gasteiger partial charge in [-0.3, -0.25) is 19.8 Å². The highest BCUT2D eigenvalue weighted by molar-refractivity contribution is 6.25. The van der Waals surface area contributed by atoms with Crippen LogP contribution in [0.1, 0.15) is 29.9 Å². The number of ether oxygens (including phenoxy) is 1. The highest BCUT2D eigenvalue weighted by Crippen LogP contribution is 2.56. The second-order valence-electron chi connectivity index (χ2n) is 9.73. The van der Waals surface area contributed by atoms with Gasteiger partial charge < -0.3 is 41.2 Å². The molecular weight excluding hydrogens is 520 g/mol. The quantitative estimate of drug-likeness (QED) is 0.0732. The van der Waals surface area contributed by atoms with Gasteiger partial charge in [-0.15, -0.1) is 6.58 Å². The molecule has 40 heavy (non-hydrogen) atoms. The van der Waals surface area contributed by atoms with Crippen molar-refractivity contribution in [3.8, 4) is 5.75 Å². The third kappa shape index (κ3) is 3.87. The molecule has 12 heteroatoms. The van der Waals surface area contributed by atoms with Gasteiger partial charge >= 0.3 is 0 Å². The fraction of sp³-hybridized carbons (Fsp3) is 0.321. The first kappa shape index (κ1) is 28.5. The first-order chi connectivity index (χ1) is 19.0. The predicted octanol–water partition coefficient (Wildman–Crippen LogP) is 1.26. The molecule has 210 valence electrons. The van der Waals surface area contributed by atoms with Gasteiger partial charge in [0.15, 0.2) is 11.4 Å². The zero-order valence-corrected chi connectivity index (χ0v) is 21.4. The van der Waals surface area contributed by atoms with Gasteiger partial charge in [0.25, 0.3) is 5.91 Å². The van der Waals surface area contributed by atoms with E-state index in [1.165, 1.54) is 12.3 Å². The summed E-state index contributed by atoms with van der Waals surface area (Å²) in [5.74, 6) is -9.47. The van der Waals surface area contributed by atoms with Crippen molar-refractivity contribution in [3.63, 3.8) is 0 Å². The van der Waals surface area contributed by atoms with E-state index in [2.05, 4.69) is 13.2 Å². The van der Waals surface area contributed by atoms with E-state index < -0.39 is 75.6 Å². The van der Waals surface area contributed by atoms with E-state index in [1.807, 2.05) is 0 Å². The number of carbonyl (C=O) groups excluding carboxylic acids is 3. The Kier molecular flexibility index (Phi) is 7.50. The van der Waals surface area contributed by atoms with Crippen molar-refractivity contribution in [3.05, 3.63) is 71.7 Å². The average molecular weight is 551 g/mol. The third-order valence-electron chi connectivity index (χ3n) is 7.82. The molecule has 0 heterocycles. The van der Waals surface area contributed by atoms with E-state index in [-0.39, 0.29) is 17.9 Å². The van der Waals surface area contributed by atoms with E-state index in [0.717, 1.165) is 11.1 Å². The number of primary amides is 1. The summed E-state index contributed by atoms with van der Waals surface area (Å²) < 4.78 is 5.83. The number of rotatable bonds is 10. The number of hydrogen-bond acceptors (Lipinski definition) is 10. The lowest BCUT2D eigenvalue weighted by Crippen LogP contribution is -2.70. The number of nitrogens with zero attached hydrogens (tertiary/aromatic N) is 1. The number of ketones is 2. The monoisotopic (exact) mass is 550 g/mol. The molecule has 0 unspecified atom stereocenters. The Hall–Kier alpha value is -4.55. The van der Waals surface area contributed by atoms with Gasteiger partial charge in [-0.05, 0) is 36.9 Å². The predicted molar refractivity (Wildman–Crippen MR) is 144 cm³/mol. The molecule has 1 aromatic carbocycles. The number of aliphatic hydroxyl groups is 4. The van der Waals surface area contributed by atoms with Gasteiger partial charge in [0.2, 0.25) is 5.78 Å². The number of benzene rings is 1. The molecular formula is C28H30N4O8. The number of unbranched alkanes of at least 4 members (excludes halogenated alkanes) is 1. The van der Waals surface area contributed by atoms with Gasteiger partial charge in [0.1, 0.15) is 28.9 Å². The van der Waals surface area contributed by atoms with Gasteiger partial charge in [-0.25, -0.2) is 0 Å². The standard InChI is InChI=1S/C28H30N4O8/c1-3-13-14-8-7-9-15(40-11-6-5-10-29)16(14)22(33)18-17(13)23(34)20-21(32(4-2)12-30)24(35)19(27(31)38)26(37)28(20,39)25(18)36/h3-4,7-10,12-13,17,20-21,23,29-30,33-34,37,39H,1-2,5-6,11H2,(H2,31,38)/t13-,17+,20+,21-,23-,28-/m0/s1. The number of nitrogens with one attached hydrogen (secondary N) is 2. The molecule has 0 spiro atoms. The third-order valence-corrected chi connectivity index (χ3v) is 7.82. The number of allylic oxidation sites excluding steroid dienone is 1. The highest BCUT2D eigenvalue weighted by Gasteiger charge is 2.68. The van der Waals surface area contributed by atoms with Crippen LogP contribution in [0.2, 0.25) is 0 Å². The first-order valence-electron chi connectivity index (χ1n) is 12.5. The SMILES string of the molecule is C=C[C@H]1c2cccc(OCCCC=N)c2C(O)=C2C(=O)[C@]3(O)C(O)=C(C(N)=O)C(=O)[C@@H](N(C=C)C=N)[C@@H]3[C@@H](O)[C@@H]21. The normalized spacial score (nSPS) is 29.1. The first-order valence-corrected chi connectivity index (χ1v) is 12.5. The molecule has 1 saturated carbocycles. The molecule has 0 saturated heterocycles. The van der Waals surface area contributed by atoms with Crippen LogP contribution < -0.4 is 10.5 Å². The van der Waals surface area contributed by atoms with Crippen LogP contribution >= 0.6 is 0 Å². The number of amides is 1. The zero-order chi connectivity index (χ0) is 29.5. The van der Waals surface area contributed by atoms with Crippen LogP contribution in [-0.2, 0) is 14.4 Å². The lowest BCUT2D eigenvalue weighted by atomic mass is 9.54. The van der Waals surface area contributed by atoms with Crippen LogP contribution in [0.3, 0.4) is 0 Å². The van der Waals surface area contributed by atoms with Crippen molar-refractivity contribution in [2.75, 3.05) is 6.61 Å². The summed E-state index contributed by atoms with van der Waals surface area (Å²) in [5.41, 5.74) is 1.31. The second-order valence-corrected chi connectivity index (χ2v) is 9.73. The Morgan fingerprint density at radius 2 is 1.93 bits per heavy atom. The van der Waals surface area contributed by atoms with Crippen molar-refractivity contribution < 1.29 is 39.5 Å². The van der Waals surface area contributed by atoms with Crippen LogP contribution in [0.25, 0.3) is 5.76 Å². The minimum Gasteiger partial charge on any atom is -0.508 e. The summed E-state index contributed by atoms with van der Waals surface area (Å²) in [6.45, 7) is 7.56. The fourth-order valence-corrected chi connectivity index (χ4v) is 6.08. The summed E-state index contributed by atoms with van der Waals surface area (Å²) in [4.78, 5) is 40.6.